The fourth-order valence-electron chi connectivity index (χ4n) is 1.55. The van der Waals surface area contributed by atoms with Crippen molar-refractivity contribution in [2.75, 3.05) is 30.9 Å². The van der Waals surface area contributed by atoms with Crippen molar-refractivity contribution < 1.29 is 0 Å². The Hall–Kier alpha value is -2.18. The van der Waals surface area contributed by atoms with Crippen molar-refractivity contribution in [3.05, 3.63) is 12.4 Å². The lowest BCUT2D eigenvalue weighted by Gasteiger charge is -2.12. The van der Waals surface area contributed by atoms with E-state index in [1.807, 2.05) is 32.2 Å². The second-order valence-corrected chi connectivity index (χ2v) is 4.51. The molecule has 19 heavy (non-hydrogen) atoms. The van der Waals surface area contributed by atoms with E-state index in [-0.39, 0.29) is 0 Å². The summed E-state index contributed by atoms with van der Waals surface area (Å²) in [4.78, 5) is 15.1. The summed E-state index contributed by atoms with van der Waals surface area (Å²) >= 11 is 0. The van der Waals surface area contributed by atoms with Crippen LogP contribution in [-0.4, -0.2) is 45.4 Å². The van der Waals surface area contributed by atoms with Crippen molar-refractivity contribution in [2.24, 2.45) is 7.05 Å². The van der Waals surface area contributed by atoms with Crippen LogP contribution in [0.2, 0.25) is 0 Å². The smallest absolute Gasteiger partial charge is 0.230 e. The van der Waals surface area contributed by atoms with Gasteiger partial charge in [-0.3, -0.25) is 4.68 Å². The van der Waals surface area contributed by atoms with Gasteiger partial charge in [-0.1, -0.05) is 6.92 Å². The molecule has 0 aromatic carbocycles. The third kappa shape index (κ3) is 3.18. The highest BCUT2D eigenvalue weighted by molar-refractivity contribution is 5.56. The average Bonchev–Trinajstić information content (AvgIpc) is 2.82. The maximum atomic E-state index is 4.43. The average molecular weight is 261 g/mol. The first-order valence-corrected chi connectivity index (χ1v) is 6.26. The number of rotatable bonds is 5. The van der Waals surface area contributed by atoms with Crippen molar-refractivity contribution >= 4 is 11.9 Å². The monoisotopic (exact) mass is 261 g/mol. The van der Waals surface area contributed by atoms with Gasteiger partial charge in [0.05, 0.1) is 11.8 Å². The van der Waals surface area contributed by atoms with E-state index in [2.05, 4.69) is 32.3 Å². The maximum Gasteiger partial charge on any atom is 0.230 e. The van der Waals surface area contributed by atoms with Crippen molar-refractivity contribution in [2.45, 2.75) is 13.3 Å². The van der Waals surface area contributed by atoms with Gasteiger partial charge in [-0.15, -0.1) is 0 Å². The van der Waals surface area contributed by atoms with Gasteiger partial charge in [-0.2, -0.15) is 20.1 Å². The van der Waals surface area contributed by atoms with Gasteiger partial charge >= 0.3 is 0 Å². The van der Waals surface area contributed by atoms with Crippen LogP contribution >= 0.6 is 0 Å². The van der Waals surface area contributed by atoms with E-state index < -0.39 is 0 Å². The van der Waals surface area contributed by atoms with Crippen LogP contribution in [0.1, 0.15) is 13.3 Å². The minimum absolute atomic E-state index is 0.597. The van der Waals surface area contributed by atoms with Crippen LogP contribution in [-0.2, 0) is 7.05 Å². The lowest BCUT2D eigenvalue weighted by atomic mass is 10.3. The van der Waals surface area contributed by atoms with Crippen molar-refractivity contribution in [1.29, 1.82) is 0 Å². The zero-order valence-electron chi connectivity index (χ0n) is 11.8. The Balaban J connectivity index is 2.39. The minimum Gasteiger partial charge on any atom is -0.354 e. The first kappa shape index (κ1) is 13.3. The van der Waals surface area contributed by atoms with Crippen LogP contribution in [0.15, 0.2) is 12.4 Å². The Labute approximate surface area is 112 Å². The minimum atomic E-state index is 0.597. The molecule has 7 heteroatoms. The molecule has 0 aliphatic rings. The molecule has 0 aliphatic carbocycles. The summed E-state index contributed by atoms with van der Waals surface area (Å²) < 4.78 is 1.73. The molecule has 0 saturated carbocycles. The second kappa shape index (κ2) is 5.64. The molecule has 0 unspecified atom stereocenters. The Bertz CT molecular complexity index is 547. The second-order valence-electron chi connectivity index (χ2n) is 4.51. The van der Waals surface area contributed by atoms with E-state index in [0.717, 1.165) is 18.5 Å². The Morgan fingerprint density at radius 2 is 2.05 bits per heavy atom. The molecule has 0 spiro atoms. The van der Waals surface area contributed by atoms with Crippen molar-refractivity contribution in [3.8, 4) is 11.4 Å². The van der Waals surface area contributed by atoms with Gasteiger partial charge in [-0.25, -0.2) is 0 Å². The first-order chi connectivity index (χ1) is 9.10. The van der Waals surface area contributed by atoms with Gasteiger partial charge in [0.2, 0.25) is 11.9 Å². The molecule has 102 valence electrons. The Morgan fingerprint density at radius 1 is 1.26 bits per heavy atom. The van der Waals surface area contributed by atoms with E-state index in [0.29, 0.717) is 17.7 Å². The molecule has 2 aromatic rings. The molecule has 0 aliphatic heterocycles. The summed E-state index contributed by atoms with van der Waals surface area (Å²) in [5.41, 5.74) is 0.882. The zero-order chi connectivity index (χ0) is 13.8. The van der Waals surface area contributed by atoms with Gasteiger partial charge in [0.1, 0.15) is 0 Å². The molecular weight excluding hydrogens is 242 g/mol. The van der Waals surface area contributed by atoms with E-state index in [9.17, 15) is 0 Å². The lowest BCUT2D eigenvalue weighted by molar-refractivity contribution is 0.768. The quantitative estimate of drug-likeness (QED) is 0.871. The number of hydrogen-bond acceptors (Lipinski definition) is 6. The summed E-state index contributed by atoms with van der Waals surface area (Å²) in [6.07, 6.45) is 4.65. The zero-order valence-corrected chi connectivity index (χ0v) is 11.8. The summed E-state index contributed by atoms with van der Waals surface area (Å²) in [5.74, 6) is 1.86. The van der Waals surface area contributed by atoms with Gasteiger partial charge in [0.15, 0.2) is 5.82 Å². The Kier molecular flexibility index (Phi) is 3.94. The number of nitrogens with one attached hydrogen (secondary N) is 1. The van der Waals surface area contributed by atoms with E-state index >= 15 is 0 Å². The van der Waals surface area contributed by atoms with Crippen LogP contribution in [0.5, 0.6) is 0 Å². The standard InChI is InChI=1S/C12H19N7/c1-5-6-13-11-15-10(9-7-14-19(4)8-9)16-12(17-11)18(2)3/h7-8H,5-6H2,1-4H3,(H,13,15,16,17). The predicted molar refractivity (Wildman–Crippen MR) is 75.1 cm³/mol. The highest BCUT2D eigenvalue weighted by Crippen LogP contribution is 2.17. The SMILES string of the molecule is CCCNc1nc(-c2cnn(C)c2)nc(N(C)C)n1. The lowest BCUT2D eigenvalue weighted by Crippen LogP contribution is -2.16. The summed E-state index contributed by atoms with van der Waals surface area (Å²) in [6.45, 7) is 2.94. The normalized spacial score (nSPS) is 10.5. The molecular formula is C12H19N7. The molecule has 7 nitrogen and oxygen atoms in total. The molecule has 0 bridgehead atoms. The molecule has 2 heterocycles. The summed E-state index contributed by atoms with van der Waals surface area (Å²) in [5, 5.41) is 7.33. The summed E-state index contributed by atoms with van der Waals surface area (Å²) in [7, 11) is 5.69. The largest absolute Gasteiger partial charge is 0.354 e. The fourth-order valence-corrected chi connectivity index (χ4v) is 1.55. The molecule has 0 amide bonds. The van der Waals surface area contributed by atoms with Crippen molar-refractivity contribution in [3.63, 3.8) is 0 Å². The number of aryl methyl sites for hydroxylation is 1. The molecule has 0 fully saturated rings. The molecule has 2 rings (SSSR count). The van der Waals surface area contributed by atoms with E-state index in [1.54, 1.807) is 10.9 Å². The van der Waals surface area contributed by atoms with Crippen LogP contribution in [0.3, 0.4) is 0 Å². The van der Waals surface area contributed by atoms with Gasteiger partial charge in [0, 0.05) is 33.9 Å². The van der Waals surface area contributed by atoms with E-state index in [4.69, 9.17) is 0 Å². The Morgan fingerprint density at radius 3 is 2.63 bits per heavy atom. The fraction of sp³-hybridized carbons (Fsp3) is 0.500. The summed E-state index contributed by atoms with van der Waals surface area (Å²) in [6, 6.07) is 0. The van der Waals surface area contributed by atoms with E-state index in [1.165, 1.54) is 0 Å². The third-order valence-corrected chi connectivity index (χ3v) is 2.52. The first-order valence-electron chi connectivity index (χ1n) is 6.26. The number of anilines is 2. The van der Waals surface area contributed by atoms with Crippen LogP contribution in [0.4, 0.5) is 11.9 Å². The highest BCUT2D eigenvalue weighted by atomic mass is 15.3. The molecule has 0 saturated heterocycles. The highest BCUT2D eigenvalue weighted by Gasteiger charge is 2.10. The predicted octanol–water partition coefficient (Wildman–Crippen LogP) is 1.16. The van der Waals surface area contributed by atoms with Gasteiger partial charge in [-0.05, 0) is 6.42 Å². The van der Waals surface area contributed by atoms with Crippen LogP contribution < -0.4 is 10.2 Å². The topological polar surface area (TPSA) is 71.8 Å². The van der Waals surface area contributed by atoms with Gasteiger partial charge < -0.3 is 10.2 Å². The number of nitrogens with zero attached hydrogens (tertiary/aromatic N) is 6. The van der Waals surface area contributed by atoms with Crippen LogP contribution in [0, 0.1) is 0 Å². The maximum absolute atomic E-state index is 4.43. The molecule has 0 radical (unpaired) electrons. The molecule has 2 aromatic heterocycles. The third-order valence-electron chi connectivity index (χ3n) is 2.52. The number of aromatic nitrogens is 5. The van der Waals surface area contributed by atoms with Gasteiger partial charge in [0.25, 0.3) is 0 Å². The van der Waals surface area contributed by atoms with Crippen LogP contribution in [0.25, 0.3) is 11.4 Å². The molecule has 0 atom stereocenters. The molecule has 1 N–H and O–H groups in total. The van der Waals surface area contributed by atoms with Crippen molar-refractivity contribution in [1.82, 2.24) is 24.7 Å². The number of hydrogen-bond donors (Lipinski definition) is 1.